The molecular formula is C12H19N3O2. The van der Waals surface area contributed by atoms with Crippen LogP contribution in [0.1, 0.15) is 25.1 Å². The number of aromatic nitrogens is 2. The molecule has 2 rings (SSSR count). The molecule has 0 unspecified atom stereocenters. The molecule has 0 atom stereocenters. The molecule has 0 aromatic carbocycles. The monoisotopic (exact) mass is 237 g/mol. The summed E-state index contributed by atoms with van der Waals surface area (Å²) in [7, 11) is 1.73. The summed E-state index contributed by atoms with van der Waals surface area (Å²) in [4.78, 5) is 18.1. The van der Waals surface area contributed by atoms with E-state index in [0.717, 1.165) is 19.6 Å². The third-order valence-corrected chi connectivity index (χ3v) is 3.30. The zero-order chi connectivity index (χ0) is 12.3. The molecule has 0 aliphatic heterocycles. The molecule has 0 radical (unpaired) electrons. The molecule has 0 bridgehead atoms. The first-order chi connectivity index (χ1) is 8.13. The van der Waals surface area contributed by atoms with Gasteiger partial charge < -0.3 is 15.0 Å². The summed E-state index contributed by atoms with van der Waals surface area (Å²) in [6.07, 6.45) is 3.52. The van der Waals surface area contributed by atoms with E-state index in [-0.39, 0.29) is 5.56 Å². The Morgan fingerprint density at radius 2 is 2.35 bits per heavy atom. The van der Waals surface area contributed by atoms with Crippen LogP contribution in [0.3, 0.4) is 0 Å². The molecule has 1 aliphatic carbocycles. The van der Waals surface area contributed by atoms with E-state index in [4.69, 9.17) is 4.74 Å². The molecule has 1 aromatic rings. The lowest BCUT2D eigenvalue weighted by Gasteiger charge is -2.15. The average molecular weight is 237 g/mol. The van der Waals surface area contributed by atoms with Crippen molar-refractivity contribution in [2.45, 2.75) is 26.2 Å². The van der Waals surface area contributed by atoms with E-state index in [2.05, 4.69) is 15.3 Å². The van der Waals surface area contributed by atoms with Gasteiger partial charge in [0.15, 0.2) is 0 Å². The summed E-state index contributed by atoms with van der Waals surface area (Å²) in [5.41, 5.74) is 0.246. The second kappa shape index (κ2) is 4.87. The Kier molecular flexibility index (Phi) is 3.47. The molecule has 1 heterocycles. The zero-order valence-corrected chi connectivity index (χ0v) is 10.4. The van der Waals surface area contributed by atoms with E-state index in [1.807, 2.05) is 0 Å². The van der Waals surface area contributed by atoms with Crippen molar-refractivity contribution in [3.8, 4) is 0 Å². The third-order valence-electron chi connectivity index (χ3n) is 3.30. The molecule has 0 spiro atoms. The number of anilines is 1. The fourth-order valence-corrected chi connectivity index (χ4v) is 1.96. The standard InChI is InChI=1S/C12H19N3O2/c1-9-14-10(7-11(16)15-9)13-8-12(3-4-12)5-6-17-2/h7H,3-6,8H2,1-2H3,(H2,13,14,15,16). The first kappa shape index (κ1) is 12.1. The molecule has 0 saturated heterocycles. The van der Waals surface area contributed by atoms with Gasteiger partial charge in [0.25, 0.3) is 5.56 Å². The Morgan fingerprint density at radius 1 is 1.59 bits per heavy atom. The van der Waals surface area contributed by atoms with Crippen molar-refractivity contribution in [1.82, 2.24) is 9.97 Å². The van der Waals surface area contributed by atoms with E-state index < -0.39 is 0 Å². The Labute approximate surface area is 101 Å². The molecule has 5 heteroatoms. The predicted octanol–water partition coefficient (Wildman–Crippen LogP) is 1.31. The van der Waals surface area contributed by atoms with Crippen LogP contribution in [0.25, 0.3) is 0 Å². The van der Waals surface area contributed by atoms with E-state index in [0.29, 0.717) is 17.1 Å². The maximum atomic E-state index is 11.3. The maximum Gasteiger partial charge on any atom is 0.252 e. The van der Waals surface area contributed by atoms with Crippen LogP contribution in [0.4, 0.5) is 5.82 Å². The molecule has 1 fully saturated rings. The van der Waals surface area contributed by atoms with Gasteiger partial charge in [0, 0.05) is 26.3 Å². The zero-order valence-electron chi connectivity index (χ0n) is 10.4. The van der Waals surface area contributed by atoms with Crippen LogP contribution in [0.5, 0.6) is 0 Å². The fraction of sp³-hybridized carbons (Fsp3) is 0.667. The van der Waals surface area contributed by atoms with Crippen molar-refractivity contribution in [2.75, 3.05) is 25.6 Å². The average Bonchev–Trinajstić information content (AvgIpc) is 3.03. The summed E-state index contributed by atoms with van der Waals surface area (Å²) >= 11 is 0. The number of nitrogens with zero attached hydrogens (tertiary/aromatic N) is 1. The second-order valence-corrected chi connectivity index (χ2v) is 4.81. The van der Waals surface area contributed by atoms with E-state index in [1.54, 1.807) is 14.0 Å². The van der Waals surface area contributed by atoms with Gasteiger partial charge in [-0.3, -0.25) is 4.79 Å². The van der Waals surface area contributed by atoms with Gasteiger partial charge in [0.2, 0.25) is 0 Å². The van der Waals surface area contributed by atoms with Gasteiger partial charge in [-0.2, -0.15) is 0 Å². The van der Waals surface area contributed by atoms with Crippen LogP contribution in [0, 0.1) is 12.3 Å². The Balaban J connectivity index is 1.91. The van der Waals surface area contributed by atoms with Crippen LogP contribution in [0.2, 0.25) is 0 Å². The number of H-pyrrole nitrogens is 1. The normalized spacial score (nSPS) is 16.8. The van der Waals surface area contributed by atoms with Crippen LogP contribution < -0.4 is 10.9 Å². The molecular weight excluding hydrogens is 218 g/mol. The second-order valence-electron chi connectivity index (χ2n) is 4.81. The molecule has 5 nitrogen and oxygen atoms in total. The third kappa shape index (κ3) is 3.30. The quantitative estimate of drug-likeness (QED) is 0.782. The van der Waals surface area contributed by atoms with Gasteiger partial charge in [-0.25, -0.2) is 4.98 Å². The molecule has 17 heavy (non-hydrogen) atoms. The van der Waals surface area contributed by atoms with Crippen LogP contribution in [0.15, 0.2) is 10.9 Å². The lowest BCUT2D eigenvalue weighted by molar-refractivity contribution is 0.175. The van der Waals surface area contributed by atoms with Crippen LogP contribution in [-0.4, -0.2) is 30.2 Å². The predicted molar refractivity (Wildman–Crippen MR) is 66.2 cm³/mol. The number of nitrogens with one attached hydrogen (secondary N) is 2. The molecule has 1 aromatic heterocycles. The Morgan fingerprint density at radius 3 is 2.94 bits per heavy atom. The number of hydrogen-bond acceptors (Lipinski definition) is 4. The lowest BCUT2D eigenvalue weighted by atomic mass is 10.0. The number of ether oxygens (including phenoxy) is 1. The van der Waals surface area contributed by atoms with Gasteiger partial charge in [-0.1, -0.05) is 0 Å². The van der Waals surface area contributed by atoms with E-state index in [9.17, 15) is 4.79 Å². The van der Waals surface area contributed by atoms with E-state index in [1.165, 1.54) is 18.9 Å². The highest BCUT2D eigenvalue weighted by molar-refractivity contribution is 5.33. The summed E-state index contributed by atoms with van der Waals surface area (Å²) < 4.78 is 5.11. The number of rotatable bonds is 6. The van der Waals surface area contributed by atoms with E-state index >= 15 is 0 Å². The highest BCUT2D eigenvalue weighted by Crippen LogP contribution is 2.48. The number of hydrogen-bond donors (Lipinski definition) is 2. The smallest absolute Gasteiger partial charge is 0.252 e. The largest absolute Gasteiger partial charge is 0.385 e. The van der Waals surface area contributed by atoms with Crippen LogP contribution >= 0.6 is 0 Å². The fourth-order valence-electron chi connectivity index (χ4n) is 1.96. The van der Waals surface area contributed by atoms with Crippen molar-refractivity contribution in [2.24, 2.45) is 5.41 Å². The first-order valence-corrected chi connectivity index (χ1v) is 5.94. The summed E-state index contributed by atoms with van der Waals surface area (Å²) in [5, 5.41) is 3.25. The van der Waals surface area contributed by atoms with Crippen molar-refractivity contribution in [1.29, 1.82) is 0 Å². The SMILES string of the molecule is COCCC1(CNc2cc(=O)[nH]c(C)n2)CC1. The molecule has 1 saturated carbocycles. The minimum absolute atomic E-state index is 0.110. The van der Waals surface area contributed by atoms with Crippen molar-refractivity contribution >= 4 is 5.82 Å². The number of methoxy groups -OCH3 is 1. The number of aromatic amines is 1. The summed E-state index contributed by atoms with van der Waals surface area (Å²) in [5.74, 6) is 1.30. The molecule has 0 amide bonds. The van der Waals surface area contributed by atoms with Crippen molar-refractivity contribution in [3.63, 3.8) is 0 Å². The van der Waals surface area contributed by atoms with Crippen LogP contribution in [-0.2, 0) is 4.74 Å². The van der Waals surface area contributed by atoms with Gasteiger partial charge in [0.05, 0.1) is 0 Å². The minimum atomic E-state index is -0.110. The lowest BCUT2D eigenvalue weighted by Crippen LogP contribution is -2.19. The summed E-state index contributed by atoms with van der Waals surface area (Å²) in [6, 6.07) is 1.50. The topological polar surface area (TPSA) is 67.0 Å². The maximum absolute atomic E-state index is 11.3. The van der Waals surface area contributed by atoms with Gasteiger partial charge >= 0.3 is 0 Å². The highest BCUT2D eigenvalue weighted by atomic mass is 16.5. The first-order valence-electron chi connectivity index (χ1n) is 5.94. The highest BCUT2D eigenvalue weighted by Gasteiger charge is 2.41. The van der Waals surface area contributed by atoms with Crippen molar-refractivity contribution < 1.29 is 4.74 Å². The molecule has 2 N–H and O–H groups in total. The van der Waals surface area contributed by atoms with Crippen molar-refractivity contribution in [3.05, 3.63) is 22.2 Å². The Bertz CT molecular complexity index is 438. The van der Waals surface area contributed by atoms with Gasteiger partial charge in [0.1, 0.15) is 11.6 Å². The summed E-state index contributed by atoms with van der Waals surface area (Å²) in [6.45, 7) is 3.44. The molecule has 1 aliphatic rings. The Hall–Kier alpha value is -1.36. The molecule has 94 valence electrons. The van der Waals surface area contributed by atoms with Gasteiger partial charge in [-0.15, -0.1) is 0 Å². The minimum Gasteiger partial charge on any atom is -0.385 e. The van der Waals surface area contributed by atoms with Gasteiger partial charge in [-0.05, 0) is 31.6 Å². The number of aryl methyl sites for hydroxylation is 1.